The summed E-state index contributed by atoms with van der Waals surface area (Å²) in [5.41, 5.74) is 3.71. The first-order valence-electron chi connectivity index (χ1n) is 9.19. The molecule has 0 radical (unpaired) electrons. The molecule has 1 N–H and O–H groups in total. The van der Waals surface area contributed by atoms with E-state index in [1.54, 1.807) is 7.11 Å². The molecule has 156 valence electrons. The zero-order valence-electron chi connectivity index (χ0n) is 16.9. The van der Waals surface area contributed by atoms with Gasteiger partial charge in [0.2, 0.25) is 0 Å². The molecule has 3 aromatic rings. The van der Waals surface area contributed by atoms with Crippen LogP contribution in [0.15, 0.2) is 47.8 Å². The van der Waals surface area contributed by atoms with Crippen molar-refractivity contribution in [2.75, 3.05) is 25.6 Å². The Balaban J connectivity index is 1.45. The van der Waals surface area contributed by atoms with E-state index in [-0.39, 0.29) is 6.61 Å². The molecular weight excluding hydrogens is 404 g/mol. The lowest BCUT2D eigenvalue weighted by Crippen LogP contribution is -2.23. The number of rotatable bonds is 8. The van der Waals surface area contributed by atoms with E-state index in [2.05, 4.69) is 10.3 Å². The summed E-state index contributed by atoms with van der Waals surface area (Å²) in [6, 6.07) is 13.1. The van der Waals surface area contributed by atoms with Crippen LogP contribution in [0.25, 0.3) is 11.3 Å². The third kappa shape index (κ3) is 6.05. The number of methoxy groups -OCH3 is 1. The van der Waals surface area contributed by atoms with Gasteiger partial charge in [0.25, 0.3) is 5.91 Å². The zero-order valence-corrected chi connectivity index (χ0v) is 17.7. The number of anilines is 1. The van der Waals surface area contributed by atoms with Gasteiger partial charge in [-0.15, -0.1) is 11.3 Å². The first-order chi connectivity index (χ1) is 14.4. The molecule has 0 unspecified atom stereocenters. The van der Waals surface area contributed by atoms with Crippen LogP contribution >= 0.6 is 11.3 Å². The van der Waals surface area contributed by atoms with E-state index in [1.807, 2.05) is 61.7 Å². The summed E-state index contributed by atoms with van der Waals surface area (Å²) >= 11 is 1.29. The summed E-state index contributed by atoms with van der Waals surface area (Å²) in [4.78, 5) is 28.2. The standard InChI is InChI=1S/C22H22N2O5S/c1-14-8-15(2)10-18(9-14)28-12-21(26)29-11-20(25)24-22-23-19(13-30-22)16-4-6-17(27-3)7-5-16/h4-10,13H,11-12H2,1-3H3,(H,23,24,25). The second-order valence-electron chi connectivity index (χ2n) is 6.59. The molecule has 7 nitrogen and oxygen atoms in total. The van der Waals surface area contributed by atoms with Crippen LogP contribution in [0.1, 0.15) is 11.1 Å². The largest absolute Gasteiger partial charge is 0.497 e. The number of aromatic nitrogens is 1. The van der Waals surface area contributed by atoms with E-state index in [9.17, 15) is 9.59 Å². The number of nitrogens with zero attached hydrogens (tertiary/aromatic N) is 1. The van der Waals surface area contributed by atoms with E-state index < -0.39 is 18.5 Å². The molecule has 0 bridgehead atoms. The van der Waals surface area contributed by atoms with Gasteiger partial charge in [0.05, 0.1) is 12.8 Å². The molecule has 0 aliphatic rings. The van der Waals surface area contributed by atoms with Crippen LogP contribution in [-0.2, 0) is 14.3 Å². The summed E-state index contributed by atoms with van der Waals surface area (Å²) in [6.45, 7) is 3.21. The van der Waals surface area contributed by atoms with Crippen LogP contribution in [-0.4, -0.2) is 37.2 Å². The quantitative estimate of drug-likeness (QED) is 0.548. The summed E-state index contributed by atoms with van der Waals surface area (Å²) in [5, 5.41) is 4.88. The van der Waals surface area contributed by atoms with Crippen LogP contribution in [0.4, 0.5) is 5.13 Å². The van der Waals surface area contributed by atoms with Gasteiger partial charge in [-0.05, 0) is 61.4 Å². The first kappa shape index (κ1) is 21.3. The Labute approximate surface area is 178 Å². The molecule has 0 aliphatic carbocycles. The monoisotopic (exact) mass is 426 g/mol. The molecule has 0 saturated heterocycles. The average molecular weight is 426 g/mol. The van der Waals surface area contributed by atoms with Crippen LogP contribution in [0.3, 0.4) is 0 Å². The number of benzene rings is 2. The number of esters is 1. The third-order valence-electron chi connectivity index (χ3n) is 4.05. The number of aryl methyl sites for hydroxylation is 2. The number of carbonyl (C=O) groups is 2. The van der Waals surface area contributed by atoms with E-state index in [0.29, 0.717) is 10.9 Å². The molecule has 8 heteroatoms. The fourth-order valence-electron chi connectivity index (χ4n) is 2.73. The second kappa shape index (κ2) is 9.89. The molecule has 0 fully saturated rings. The molecular formula is C22H22N2O5S. The van der Waals surface area contributed by atoms with Gasteiger partial charge >= 0.3 is 5.97 Å². The fourth-order valence-corrected chi connectivity index (χ4v) is 3.46. The van der Waals surface area contributed by atoms with E-state index in [0.717, 1.165) is 28.1 Å². The molecule has 0 atom stereocenters. The molecule has 2 aromatic carbocycles. The zero-order chi connectivity index (χ0) is 21.5. The van der Waals surface area contributed by atoms with E-state index in [1.165, 1.54) is 11.3 Å². The van der Waals surface area contributed by atoms with Crippen molar-refractivity contribution >= 4 is 28.3 Å². The third-order valence-corrected chi connectivity index (χ3v) is 4.81. The van der Waals surface area contributed by atoms with Crippen molar-refractivity contribution in [3.05, 3.63) is 59.0 Å². The van der Waals surface area contributed by atoms with Crippen LogP contribution in [0, 0.1) is 13.8 Å². The Morgan fingerprint density at radius 3 is 2.37 bits per heavy atom. The summed E-state index contributed by atoms with van der Waals surface area (Å²) < 4.78 is 15.5. The average Bonchev–Trinajstić information content (AvgIpc) is 3.18. The van der Waals surface area contributed by atoms with Gasteiger partial charge in [-0.2, -0.15) is 0 Å². The number of nitrogens with one attached hydrogen (secondary N) is 1. The van der Waals surface area contributed by atoms with E-state index in [4.69, 9.17) is 14.2 Å². The van der Waals surface area contributed by atoms with Gasteiger partial charge in [0, 0.05) is 10.9 Å². The Morgan fingerprint density at radius 2 is 1.70 bits per heavy atom. The van der Waals surface area contributed by atoms with Crippen molar-refractivity contribution in [1.82, 2.24) is 4.98 Å². The SMILES string of the molecule is COc1ccc(-c2csc(NC(=O)COC(=O)COc3cc(C)cc(C)c3)n2)cc1. The number of hydrogen-bond donors (Lipinski definition) is 1. The van der Waals surface area contributed by atoms with Crippen molar-refractivity contribution in [1.29, 1.82) is 0 Å². The highest BCUT2D eigenvalue weighted by atomic mass is 32.1. The van der Waals surface area contributed by atoms with Crippen LogP contribution < -0.4 is 14.8 Å². The minimum absolute atomic E-state index is 0.269. The molecule has 1 heterocycles. The Kier molecular flexibility index (Phi) is 7.03. The predicted octanol–water partition coefficient (Wildman–Crippen LogP) is 4.00. The number of ether oxygens (including phenoxy) is 3. The number of hydrogen-bond acceptors (Lipinski definition) is 7. The molecule has 1 aromatic heterocycles. The summed E-state index contributed by atoms with van der Waals surface area (Å²) in [5.74, 6) is 0.251. The highest BCUT2D eigenvalue weighted by Crippen LogP contribution is 2.26. The lowest BCUT2D eigenvalue weighted by molar-refractivity contribution is -0.149. The molecule has 30 heavy (non-hydrogen) atoms. The Bertz CT molecular complexity index is 1010. The minimum Gasteiger partial charge on any atom is -0.497 e. The second-order valence-corrected chi connectivity index (χ2v) is 7.45. The normalized spacial score (nSPS) is 10.4. The van der Waals surface area contributed by atoms with Crippen molar-refractivity contribution in [2.24, 2.45) is 0 Å². The van der Waals surface area contributed by atoms with Gasteiger partial charge in [0.1, 0.15) is 11.5 Å². The maximum atomic E-state index is 12.0. The van der Waals surface area contributed by atoms with Crippen molar-refractivity contribution in [3.8, 4) is 22.8 Å². The van der Waals surface area contributed by atoms with Crippen molar-refractivity contribution < 1.29 is 23.8 Å². The number of carbonyl (C=O) groups excluding carboxylic acids is 2. The highest BCUT2D eigenvalue weighted by molar-refractivity contribution is 7.14. The van der Waals surface area contributed by atoms with Gasteiger partial charge in [0.15, 0.2) is 18.3 Å². The summed E-state index contributed by atoms with van der Waals surface area (Å²) in [7, 11) is 1.61. The van der Waals surface area contributed by atoms with E-state index >= 15 is 0 Å². The lowest BCUT2D eigenvalue weighted by atomic mass is 10.1. The maximum absolute atomic E-state index is 12.0. The van der Waals surface area contributed by atoms with Crippen LogP contribution in [0.2, 0.25) is 0 Å². The van der Waals surface area contributed by atoms with Gasteiger partial charge in [-0.3, -0.25) is 10.1 Å². The van der Waals surface area contributed by atoms with Crippen molar-refractivity contribution in [2.45, 2.75) is 13.8 Å². The number of thiazole rings is 1. The Morgan fingerprint density at radius 1 is 1.00 bits per heavy atom. The topological polar surface area (TPSA) is 86.8 Å². The van der Waals surface area contributed by atoms with Gasteiger partial charge < -0.3 is 14.2 Å². The Hall–Kier alpha value is -3.39. The molecule has 0 spiro atoms. The predicted molar refractivity (Wildman–Crippen MR) is 115 cm³/mol. The molecule has 0 aliphatic heterocycles. The molecule has 3 rings (SSSR count). The highest BCUT2D eigenvalue weighted by Gasteiger charge is 2.12. The van der Waals surface area contributed by atoms with Crippen molar-refractivity contribution in [3.63, 3.8) is 0 Å². The number of amides is 1. The first-order valence-corrected chi connectivity index (χ1v) is 10.1. The summed E-state index contributed by atoms with van der Waals surface area (Å²) in [6.07, 6.45) is 0. The lowest BCUT2D eigenvalue weighted by Gasteiger charge is -2.08. The minimum atomic E-state index is -0.623. The fraction of sp³-hybridized carbons (Fsp3) is 0.227. The smallest absolute Gasteiger partial charge is 0.344 e. The molecule has 0 saturated carbocycles. The maximum Gasteiger partial charge on any atom is 0.344 e. The van der Waals surface area contributed by atoms with Gasteiger partial charge in [-0.1, -0.05) is 6.07 Å². The van der Waals surface area contributed by atoms with Crippen LogP contribution in [0.5, 0.6) is 11.5 Å². The molecule has 1 amide bonds. The van der Waals surface area contributed by atoms with Gasteiger partial charge in [-0.25, -0.2) is 9.78 Å².